The van der Waals surface area contributed by atoms with Crippen molar-refractivity contribution in [3.63, 3.8) is 0 Å². The first-order valence-corrected chi connectivity index (χ1v) is 8.34. The zero-order valence-electron chi connectivity index (χ0n) is 14.1. The van der Waals surface area contributed by atoms with Crippen molar-refractivity contribution in [1.29, 1.82) is 0 Å². The second-order valence-corrected chi connectivity index (χ2v) is 5.72. The van der Waals surface area contributed by atoms with Crippen LogP contribution in [0.2, 0.25) is 0 Å². The second kappa shape index (κ2) is 8.35. The van der Waals surface area contributed by atoms with Crippen LogP contribution in [0.4, 0.5) is 11.4 Å². The van der Waals surface area contributed by atoms with E-state index in [1.807, 2.05) is 24.3 Å². The maximum absolute atomic E-state index is 12.3. The molecule has 1 fully saturated rings. The van der Waals surface area contributed by atoms with E-state index < -0.39 is 0 Å². The van der Waals surface area contributed by atoms with Gasteiger partial charge in [0.05, 0.1) is 13.2 Å². The number of nitrogens with zero attached hydrogens (tertiary/aromatic N) is 1. The Morgan fingerprint density at radius 1 is 1.12 bits per heavy atom. The van der Waals surface area contributed by atoms with Crippen LogP contribution in [0.1, 0.15) is 10.4 Å². The Kier molecular flexibility index (Phi) is 5.69. The number of hydrogen-bond donors (Lipinski definition) is 1. The first-order valence-electron chi connectivity index (χ1n) is 8.34. The number of ether oxygens (including phenoxy) is 2. The summed E-state index contributed by atoms with van der Waals surface area (Å²) in [5.41, 5.74) is 2.50. The summed E-state index contributed by atoms with van der Waals surface area (Å²) >= 11 is 0. The molecule has 0 spiro atoms. The van der Waals surface area contributed by atoms with Crippen LogP contribution in [0, 0.1) is 0 Å². The number of benzene rings is 2. The highest BCUT2D eigenvalue weighted by Gasteiger charge is 2.11. The molecule has 3 rings (SSSR count). The summed E-state index contributed by atoms with van der Waals surface area (Å²) in [6, 6.07) is 14.9. The van der Waals surface area contributed by atoms with Gasteiger partial charge in [0.2, 0.25) is 0 Å². The van der Waals surface area contributed by atoms with Gasteiger partial charge >= 0.3 is 0 Å². The highest BCUT2D eigenvalue weighted by molar-refractivity contribution is 6.04. The molecule has 0 bridgehead atoms. The van der Waals surface area contributed by atoms with Gasteiger partial charge in [-0.3, -0.25) is 4.79 Å². The molecule has 1 aliphatic heterocycles. The van der Waals surface area contributed by atoms with Crippen molar-refractivity contribution in [2.75, 3.05) is 43.1 Å². The number of anilines is 2. The van der Waals surface area contributed by atoms with Gasteiger partial charge in [0, 0.05) is 30.0 Å². The molecule has 1 saturated heterocycles. The second-order valence-electron chi connectivity index (χ2n) is 5.72. The van der Waals surface area contributed by atoms with Crippen molar-refractivity contribution in [1.82, 2.24) is 0 Å². The Balaban J connectivity index is 1.59. The number of carbonyl (C=O) groups is 1. The third-order valence-electron chi connectivity index (χ3n) is 3.99. The quantitative estimate of drug-likeness (QED) is 0.821. The smallest absolute Gasteiger partial charge is 0.255 e. The summed E-state index contributed by atoms with van der Waals surface area (Å²) in [5, 5.41) is 2.91. The van der Waals surface area contributed by atoms with E-state index in [-0.39, 0.29) is 5.91 Å². The summed E-state index contributed by atoms with van der Waals surface area (Å²) in [6.07, 6.45) is 1.68. The predicted octanol–water partition coefficient (Wildman–Crippen LogP) is 3.34. The number of amides is 1. The van der Waals surface area contributed by atoms with Gasteiger partial charge in [-0.25, -0.2) is 0 Å². The van der Waals surface area contributed by atoms with E-state index in [0.29, 0.717) is 17.9 Å². The Bertz CT molecular complexity index is 705. The maximum atomic E-state index is 12.3. The summed E-state index contributed by atoms with van der Waals surface area (Å²) in [6.45, 7) is 7.35. The van der Waals surface area contributed by atoms with Gasteiger partial charge in [0.1, 0.15) is 12.4 Å². The van der Waals surface area contributed by atoms with E-state index in [1.165, 1.54) is 0 Å². The van der Waals surface area contributed by atoms with Gasteiger partial charge in [-0.1, -0.05) is 12.7 Å². The molecule has 0 saturated carbocycles. The molecule has 2 aromatic rings. The lowest BCUT2D eigenvalue weighted by molar-refractivity contribution is 0.102. The molecular weight excluding hydrogens is 316 g/mol. The number of carbonyl (C=O) groups excluding carboxylic acids is 1. The third-order valence-corrected chi connectivity index (χ3v) is 3.99. The van der Waals surface area contributed by atoms with Crippen LogP contribution in [0.3, 0.4) is 0 Å². The van der Waals surface area contributed by atoms with Crippen molar-refractivity contribution >= 4 is 17.3 Å². The molecule has 2 aromatic carbocycles. The molecule has 0 aromatic heterocycles. The van der Waals surface area contributed by atoms with Gasteiger partial charge in [0.25, 0.3) is 5.91 Å². The summed E-state index contributed by atoms with van der Waals surface area (Å²) in [4.78, 5) is 14.6. The minimum Gasteiger partial charge on any atom is -0.490 e. The first kappa shape index (κ1) is 17.0. The third kappa shape index (κ3) is 4.61. The molecule has 1 heterocycles. The Morgan fingerprint density at radius 3 is 2.44 bits per heavy atom. The minimum atomic E-state index is -0.144. The predicted molar refractivity (Wildman–Crippen MR) is 99.6 cm³/mol. The number of morpholine rings is 1. The van der Waals surface area contributed by atoms with Crippen LogP contribution in [0.15, 0.2) is 61.2 Å². The van der Waals surface area contributed by atoms with Crippen molar-refractivity contribution in [3.8, 4) is 5.75 Å². The fourth-order valence-electron chi connectivity index (χ4n) is 2.64. The van der Waals surface area contributed by atoms with E-state index in [2.05, 4.69) is 16.8 Å². The fraction of sp³-hybridized carbons (Fsp3) is 0.250. The van der Waals surface area contributed by atoms with Crippen LogP contribution in [-0.4, -0.2) is 38.8 Å². The fourth-order valence-corrected chi connectivity index (χ4v) is 2.64. The summed E-state index contributed by atoms with van der Waals surface area (Å²) in [5.74, 6) is 0.570. The van der Waals surface area contributed by atoms with Crippen LogP contribution in [0.5, 0.6) is 5.75 Å². The zero-order valence-corrected chi connectivity index (χ0v) is 14.1. The SMILES string of the molecule is C=CCOc1ccc(C(=O)Nc2ccc(N3CCOCC3)cc2)cc1. The minimum absolute atomic E-state index is 0.144. The Labute approximate surface area is 147 Å². The van der Waals surface area contributed by atoms with Crippen LogP contribution in [-0.2, 0) is 4.74 Å². The van der Waals surface area contributed by atoms with E-state index in [9.17, 15) is 4.79 Å². The van der Waals surface area contributed by atoms with E-state index in [4.69, 9.17) is 9.47 Å². The van der Waals surface area contributed by atoms with Crippen molar-refractivity contribution in [3.05, 3.63) is 66.7 Å². The number of rotatable bonds is 6. The lowest BCUT2D eigenvalue weighted by Gasteiger charge is -2.28. The van der Waals surface area contributed by atoms with Crippen molar-refractivity contribution in [2.24, 2.45) is 0 Å². The molecule has 1 N–H and O–H groups in total. The molecule has 25 heavy (non-hydrogen) atoms. The monoisotopic (exact) mass is 338 g/mol. The van der Waals surface area contributed by atoms with E-state index in [1.54, 1.807) is 30.3 Å². The number of nitrogens with one attached hydrogen (secondary N) is 1. The first-order chi connectivity index (χ1) is 12.3. The lowest BCUT2D eigenvalue weighted by Crippen LogP contribution is -2.36. The molecule has 0 aliphatic carbocycles. The highest BCUT2D eigenvalue weighted by Crippen LogP contribution is 2.20. The number of hydrogen-bond acceptors (Lipinski definition) is 4. The molecule has 0 atom stereocenters. The van der Waals surface area contributed by atoms with Gasteiger partial charge in [-0.15, -0.1) is 0 Å². The van der Waals surface area contributed by atoms with E-state index >= 15 is 0 Å². The van der Waals surface area contributed by atoms with Gasteiger partial charge < -0.3 is 19.7 Å². The Hall–Kier alpha value is -2.79. The molecule has 1 amide bonds. The van der Waals surface area contributed by atoms with Crippen LogP contribution in [0.25, 0.3) is 0 Å². The molecule has 1 aliphatic rings. The Morgan fingerprint density at radius 2 is 1.80 bits per heavy atom. The van der Waals surface area contributed by atoms with E-state index in [0.717, 1.165) is 37.7 Å². The molecular formula is C20H22N2O3. The summed E-state index contributed by atoms with van der Waals surface area (Å²) in [7, 11) is 0. The molecule has 0 unspecified atom stereocenters. The van der Waals surface area contributed by atoms with Gasteiger partial charge in [-0.05, 0) is 48.5 Å². The van der Waals surface area contributed by atoms with Crippen LogP contribution >= 0.6 is 0 Å². The molecule has 5 nitrogen and oxygen atoms in total. The molecule has 5 heteroatoms. The average molecular weight is 338 g/mol. The molecule has 130 valence electrons. The standard InChI is InChI=1S/C20H22N2O3/c1-2-13-25-19-9-3-16(4-10-19)20(23)21-17-5-7-18(8-6-17)22-11-14-24-15-12-22/h2-10H,1,11-15H2,(H,21,23). The van der Waals surface area contributed by atoms with Gasteiger partial charge in [0.15, 0.2) is 0 Å². The lowest BCUT2D eigenvalue weighted by atomic mass is 10.2. The van der Waals surface area contributed by atoms with Crippen LogP contribution < -0.4 is 15.0 Å². The largest absolute Gasteiger partial charge is 0.490 e. The highest BCUT2D eigenvalue weighted by atomic mass is 16.5. The average Bonchev–Trinajstić information content (AvgIpc) is 2.68. The normalized spacial score (nSPS) is 14.0. The summed E-state index contributed by atoms with van der Waals surface area (Å²) < 4.78 is 10.8. The van der Waals surface area contributed by atoms with Crippen molar-refractivity contribution < 1.29 is 14.3 Å². The topological polar surface area (TPSA) is 50.8 Å². The van der Waals surface area contributed by atoms with Gasteiger partial charge in [-0.2, -0.15) is 0 Å². The maximum Gasteiger partial charge on any atom is 0.255 e. The zero-order chi connectivity index (χ0) is 17.5. The molecule has 0 radical (unpaired) electrons. The van der Waals surface area contributed by atoms with Crippen molar-refractivity contribution in [2.45, 2.75) is 0 Å².